The number of aldehydes is 1. The largest absolute Gasteiger partial charge is 0.324 e. The van der Waals surface area contributed by atoms with Crippen LogP contribution >= 0.6 is 11.3 Å². The van der Waals surface area contributed by atoms with E-state index in [9.17, 15) is 14.9 Å². The van der Waals surface area contributed by atoms with E-state index < -0.39 is 4.92 Å². The van der Waals surface area contributed by atoms with Crippen LogP contribution in [0.4, 0.5) is 5.00 Å². The smallest absolute Gasteiger partial charge is 0.297 e. The summed E-state index contributed by atoms with van der Waals surface area (Å²) >= 11 is 0.874. The fourth-order valence-electron chi connectivity index (χ4n) is 0.504. The Balaban J connectivity index is 0.000000561. The third-order valence-electron chi connectivity index (χ3n) is 0.909. The first kappa shape index (κ1) is 10.8. The zero-order valence-corrected chi connectivity index (χ0v) is 7.63. The van der Waals surface area contributed by atoms with Crippen molar-refractivity contribution in [1.82, 2.24) is 0 Å². The number of nitro groups is 1. The molecule has 0 aliphatic heterocycles. The van der Waals surface area contributed by atoms with Gasteiger partial charge in [0.2, 0.25) is 0 Å². The van der Waals surface area contributed by atoms with Crippen molar-refractivity contribution in [1.29, 1.82) is 0 Å². The van der Waals surface area contributed by atoms with E-state index in [1.54, 1.807) is 0 Å². The van der Waals surface area contributed by atoms with Gasteiger partial charge in [-0.3, -0.25) is 14.9 Å². The molecule has 66 valence electrons. The van der Waals surface area contributed by atoms with Gasteiger partial charge in [0.1, 0.15) is 0 Å². The molecule has 0 fully saturated rings. The monoisotopic (exact) mass is 187 g/mol. The van der Waals surface area contributed by atoms with Crippen LogP contribution in [-0.2, 0) is 0 Å². The highest BCUT2D eigenvalue weighted by Gasteiger charge is 2.07. The van der Waals surface area contributed by atoms with Crippen LogP contribution in [-0.4, -0.2) is 11.2 Å². The van der Waals surface area contributed by atoms with Crippen LogP contribution in [0, 0.1) is 10.1 Å². The van der Waals surface area contributed by atoms with E-state index in [1.165, 1.54) is 12.1 Å². The average molecular weight is 187 g/mol. The zero-order chi connectivity index (χ0) is 9.56. The Labute approximate surface area is 74.0 Å². The van der Waals surface area contributed by atoms with Crippen LogP contribution in [0.15, 0.2) is 12.1 Å². The van der Waals surface area contributed by atoms with Gasteiger partial charge in [-0.2, -0.15) is 0 Å². The Morgan fingerprint density at radius 1 is 1.50 bits per heavy atom. The number of carbonyl (C=O) groups excluding carboxylic acids is 1. The normalized spacial score (nSPS) is 8.17. The molecule has 12 heavy (non-hydrogen) atoms. The summed E-state index contributed by atoms with van der Waals surface area (Å²) < 4.78 is 0. The molecule has 0 aliphatic rings. The molecule has 0 atom stereocenters. The summed E-state index contributed by atoms with van der Waals surface area (Å²) in [7, 11) is 0. The Bertz CT molecular complexity index is 269. The van der Waals surface area contributed by atoms with Crippen LogP contribution in [0.2, 0.25) is 0 Å². The molecule has 0 unspecified atom stereocenters. The van der Waals surface area contributed by atoms with E-state index in [1.807, 2.05) is 13.8 Å². The summed E-state index contributed by atoms with van der Waals surface area (Å²) in [5.74, 6) is 0. The van der Waals surface area contributed by atoms with Crippen molar-refractivity contribution >= 4 is 22.6 Å². The van der Waals surface area contributed by atoms with Crippen molar-refractivity contribution in [2.24, 2.45) is 0 Å². The van der Waals surface area contributed by atoms with Crippen molar-refractivity contribution in [2.75, 3.05) is 0 Å². The third kappa shape index (κ3) is 2.79. The van der Waals surface area contributed by atoms with Gasteiger partial charge in [-0.1, -0.05) is 25.2 Å². The summed E-state index contributed by atoms with van der Waals surface area (Å²) in [5.41, 5.74) is 0. The molecule has 0 N–H and O–H groups in total. The molecule has 0 saturated carbocycles. The lowest BCUT2D eigenvalue weighted by Crippen LogP contribution is -1.80. The minimum absolute atomic E-state index is 0.00194. The Hall–Kier alpha value is -1.23. The highest BCUT2D eigenvalue weighted by atomic mass is 32.1. The second kappa shape index (κ2) is 5.42. The van der Waals surface area contributed by atoms with Gasteiger partial charge >= 0.3 is 5.00 Å². The lowest BCUT2D eigenvalue weighted by molar-refractivity contribution is -0.380. The van der Waals surface area contributed by atoms with E-state index in [0.717, 1.165) is 11.3 Å². The van der Waals surface area contributed by atoms with E-state index in [0.29, 0.717) is 11.2 Å². The number of hydrogen-bond acceptors (Lipinski definition) is 4. The molecule has 1 aromatic heterocycles. The van der Waals surface area contributed by atoms with E-state index >= 15 is 0 Å². The molecule has 0 bridgehead atoms. The van der Waals surface area contributed by atoms with E-state index in [4.69, 9.17) is 0 Å². The minimum Gasteiger partial charge on any atom is -0.297 e. The SMILES string of the molecule is CC.O=Cc1ccc([N+](=O)[O-])s1. The van der Waals surface area contributed by atoms with Crippen LogP contribution in [0.3, 0.4) is 0 Å². The number of nitrogens with zero attached hydrogens (tertiary/aromatic N) is 1. The highest BCUT2D eigenvalue weighted by Crippen LogP contribution is 2.21. The zero-order valence-electron chi connectivity index (χ0n) is 6.81. The Morgan fingerprint density at radius 2 is 2.08 bits per heavy atom. The molecule has 0 spiro atoms. The maximum absolute atomic E-state index is 10.0. The second-order valence-electron chi connectivity index (χ2n) is 1.55. The first-order valence-electron chi connectivity index (χ1n) is 3.43. The van der Waals surface area contributed by atoms with Gasteiger partial charge in [0.25, 0.3) is 0 Å². The second-order valence-corrected chi connectivity index (χ2v) is 2.64. The average Bonchev–Trinajstić information content (AvgIpc) is 2.55. The van der Waals surface area contributed by atoms with Crippen molar-refractivity contribution < 1.29 is 9.72 Å². The minimum atomic E-state index is -0.516. The van der Waals surface area contributed by atoms with Crippen LogP contribution in [0.1, 0.15) is 23.5 Å². The predicted octanol–water partition coefficient (Wildman–Crippen LogP) is 2.50. The fraction of sp³-hybridized carbons (Fsp3) is 0.286. The molecule has 0 aromatic carbocycles. The molecule has 4 nitrogen and oxygen atoms in total. The maximum Gasteiger partial charge on any atom is 0.324 e. The number of rotatable bonds is 2. The molecule has 0 aliphatic carbocycles. The standard InChI is InChI=1S/C5H3NO3S.C2H6/c7-3-4-1-2-5(10-4)6(8)9;1-2/h1-3H;1-2H3. The lowest BCUT2D eigenvalue weighted by Gasteiger charge is -1.77. The van der Waals surface area contributed by atoms with Crippen molar-refractivity contribution in [3.8, 4) is 0 Å². The van der Waals surface area contributed by atoms with Gasteiger partial charge in [-0.15, -0.1) is 0 Å². The molecule has 0 saturated heterocycles. The van der Waals surface area contributed by atoms with Crippen molar-refractivity contribution in [3.05, 3.63) is 27.1 Å². The summed E-state index contributed by atoms with van der Waals surface area (Å²) in [5, 5.41) is 10.0. The summed E-state index contributed by atoms with van der Waals surface area (Å²) in [6, 6.07) is 2.74. The molecule has 1 aromatic rings. The van der Waals surface area contributed by atoms with Gasteiger partial charge in [0.05, 0.1) is 9.80 Å². The van der Waals surface area contributed by atoms with Gasteiger partial charge < -0.3 is 0 Å². The molecule has 0 amide bonds. The number of carbonyl (C=O) groups is 1. The molecule has 1 rings (SSSR count). The first-order valence-corrected chi connectivity index (χ1v) is 4.25. The lowest BCUT2D eigenvalue weighted by atomic mass is 10.5. The van der Waals surface area contributed by atoms with Crippen LogP contribution in [0.5, 0.6) is 0 Å². The Kier molecular flexibility index (Phi) is 4.87. The predicted molar refractivity (Wildman–Crippen MR) is 47.7 cm³/mol. The highest BCUT2D eigenvalue weighted by molar-refractivity contribution is 7.16. The van der Waals surface area contributed by atoms with Crippen molar-refractivity contribution in [3.63, 3.8) is 0 Å². The summed E-state index contributed by atoms with van der Waals surface area (Å²) in [6.45, 7) is 4.00. The fourth-order valence-corrected chi connectivity index (χ4v) is 1.14. The summed E-state index contributed by atoms with van der Waals surface area (Å²) in [4.78, 5) is 19.9. The third-order valence-corrected chi connectivity index (χ3v) is 1.87. The van der Waals surface area contributed by atoms with E-state index in [-0.39, 0.29) is 5.00 Å². The maximum atomic E-state index is 10.0. The Morgan fingerprint density at radius 3 is 2.33 bits per heavy atom. The molecule has 0 radical (unpaired) electrons. The molecular formula is C7H9NO3S. The summed E-state index contributed by atoms with van der Waals surface area (Å²) in [6.07, 6.45) is 0.595. The van der Waals surface area contributed by atoms with Gasteiger partial charge in [-0.05, 0) is 6.07 Å². The quantitative estimate of drug-likeness (QED) is 0.406. The van der Waals surface area contributed by atoms with Gasteiger partial charge in [-0.25, -0.2) is 0 Å². The molecule has 5 heteroatoms. The topological polar surface area (TPSA) is 60.2 Å². The van der Waals surface area contributed by atoms with Gasteiger partial charge in [0, 0.05) is 6.07 Å². The number of hydrogen-bond donors (Lipinski definition) is 0. The van der Waals surface area contributed by atoms with Crippen molar-refractivity contribution in [2.45, 2.75) is 13.8 Å². The molecular weight excluding hydrogens is 178 g/mol. The number of thiophene rings is 1. The van der Waals surface area contributed by atoms with Crippen LogP contribution in [0.25, 0.3) is 0 Å². The van der Waals surface area contributed by atoms with E-state index in [2.05, 4.69) is 0 Å². The first-order chi connectivity index (χ1) is 5.74. The van der Waals surface area contributed by atoms with Crippen LogP contribution < -0.4 is 0 Å². The van der Waals surface area contributed by atoms with Gasteiger partial charge in [0.15, 0.2) is 6.29 Å². The molecule has 1 heterocycles.